The lowest BCUT2D eigenvalue weighted by Gasteiger charge is -2.18. The van der Waals surface area contributed by atoms with Crippen molar-refractivity contribution in [3.05, 3.63) is 69.5 Å². The Hall–Kier alpha value is -3.35. The van der Waals surface area contributed by atoms with Crippen LogP contribution in [-0.2, 0) is 7.05 Å². The number of aryl methyl sites for hydroxylation is 3. The highest BCUT2D eigenvalue weighted by molar-refractivity contribution is 6.05. The molecule has 4 rings (SSSR count). The Bertz CT molecular complexity index is 1110. The summed E-state index contributed by atoms with van der Waals surface area (Å²) in [6, 6.07) is 8.91. The first-order chi connectivity index (χ1) is 12.9. The summed E-state index contributed by atoms with van der Waals surface area (Å²) in [5.74, 6) is 0.234. The molecule has 7 heteroatoms. The topological polar surface area (TPSA) is 92.7 Å². The van der Waals surface area contributed by atoms with E-state index < -0.39 is 5.63 Å². The zero-order valence-electron chi connectivity index (χ0n) is 15.4. The van der Waals surface area contributed by atoms with Crippen LogP contribution in [-0.4, -0.2) is 20.6 Å². The van der Waals surface area contributed by atoms with Gasteiger partial charge in [-0.05, 0) is 26.0 Å². The van der Waals surface area contributed by atoms with Gasteiger partial charge in [0.1, 0.15) is 17.1 Å². The minimum absolute atomic E-state index is 0.102. The largest absolute Gasteiger partial charge is 0.507 e. The van der Waals surface area contributed by atoms with Crippen molar-refractivity contribution in [2.75, 3.05) is 5.32 Å². The zero-order chi connectivity index (χ0) is 19.1. The van der Waals surface area contributed by atoms with Crippen LogP contribution in [0.3, 0.4) is 0 Å². The Balaban J connectivity index is 1.89. The molecule has 0 saturated heterocycles. The fourth-order valence-corrected chi connectivity index (χ4v) is 3.48. The summed E-state index contributed by atoms with van der Waals surface area (Å²) in [5, 5.41) is 18.3. The summed E-state index contributed by atoms with van der Waals surface area (Å²) < 4.78 is 6.97. The van der Waals surface area contributed by atoms with Gasteiger partial charge in [-0.3, -0.25) is 9.67 Å². The first-order valence-electron chi connectivity index (χ1n) is 8.69. The summed E-state index contributed by atoms with van der Waals surface area (Å²) in [4.78, 5) is 17.1. The average Bonchev–Trinajstić information content (AvgIpc) is 2.82. The first kappa shape index (κ1) is 17.1. The molecule has 0 radical (unpaired) electrons. The van der Waals surface area contributed by atoms with Gasteiger partial charge in [-0.2, -0.15) is 5.10 Å². The number of aromatic hydroxyl groups is 1. The molecule has 0 fully saturated rings. The third kappa shape index (κ3) is 3.12. The van der Waals surface area contributed by atoms with Gasteiger partial charge < -0.3 is 14.8 Å². The molecule has 0 spiro atoms. The van der Waals surface area contributed by atoms with Crippen molar-refractivity contribution in [2.45, 2.75) is 26.3 Å². The third-order valence-corrected chi connectivity index (χ3v) is 4.66. The van der Waals surface area contributed by atoms with E-state index in [2.05, 4.69) is 15.4 Å². The van der Waals surface area contributed by atoms with Gasteiger partial charge >= 0.3 is 5.63 Å². The maximum absolute atomic E-state index is 12.5. The zero-order valence-corrected chi connectivity index (χ0v) is 15.4. The van der Waals surface area contributed by atoms with Crippen molar-refractivity contribution in [2.24, 2.45) is 12.0 Å². The molecule has 7 nitrogen and oxygen atoms in total. The third-order valence-electron chi connectivity index (χ3n) is 4.66. The molecule has 1 aromatic carbocycles. The Labute approximate surface area is 156 Å². The molecule has 1 aliphatic rings. The minimum Gasteiger partial charge on any atom is -0.507 e. The number of aliphatic imine (C=N–C) groups is 1. The lowest BCUT2D eigenvalue weighted by molar-refractivity contribution is 0.432. The van der Waals surface area contributed by atoms with Gasteiger partial charge in [0.25, 0.3) is 0 Å². The van der Waals surface area contributed by atoms with Crippen LogP contribution in [0.5, 0.6) is 5.75 Å². The number of fused-ring (bicyclic) bond motifs is 1. The van der Waals surface area contributed by atoms with Crippen molar-refractivity contribution < 1.29 is 9.52 Å². The van der Waals surface area contributed by atoms with E-state index in [4.69, 9.17) is 4.42 Å². The van der Waals surface area contributed by atoms with E-state index in [9.17, 15) is 9.90 Å². The monoisotopic (exact) mass is 364 g/mol. The quantitative estimate of drug-likeness (QED) is 0.727. The number of aromatic nitrogens is 2. The highest BCUT2D eigenvalue weighted by Gasteiger charge is 2.27. The van der Waals surface area contributed by atoms with Crippen LogP contribution >= 0.6 is 0 Å². The molecule has 0 unspecified atom stereocenters. The Morgan fingerprint density at radius 2 is 2.07 bits per heavy atom. The van der Waals surface area contributed by atoms with Crippen molar-refractivity contribution >= 4 is 17.1 Å². The fourth-order valence-electron chi connectivity index (χ4n) is 3.48. The van der Waals surface area contributed by atoms with E-state index in [1.807, 2.05) is 44.4 Å². The molecule has 0 aliphatic carbocycles. The predicted octanol–water partition coefficient (Wildman–Crippen LogP) is 3.37. The van der Waals surface area contributed by atoms with E-state index in [1.165, 1.54) is 6.07 Å². The maximum atomic E-state index is 12.5. The molecule has 0 amide bonds. The standard InChI is InChI=1S/C20H20N4O3/c1-11-8-18(25)19(20(26)27-11)17-9-16(13-10-24(3)23-12(13)2)21-14-6-4-5-7-15(14)22-17/h4-8,10,16,21,25H,9H2,1-3H3/t16-/m0/s1. The van der Waals surface area contributed by atoms with Gasteiger partial charge in [0.15, 0.2) is 0 Å². The second-order valence-electron chi connectivity index (χ2n) is 6.72. The van der Waals surface area contributed by atoms with Gasteiger partial charge in [-0.15, -0.1) is 0 Å². The van der Waals surface area contributed by atoms with E-state index in [0.29, 0.717) is 23.6 Å². The second kappa shape index (κ2) is 6.42. The molecule has 2 aromatic heterocycles. The summed E-state index contributed by atoms with van der Waals surface area (Å²) >= 11 is 0. The Morgan fingerprint density at radius 1 is 1.30 bits per heavy atom. The van der Waals surface area contributed by atoms with Gasteiger partial charge in [0.2, 0.25) is 0 Å². The molecule has 1 aliphatic heterocycles. The molecule has 1 atom stereocenters. The molecule has 138 valence electrons. The Kier molecular flexibility index (Phi) is 4.07. The lowest BCUT2D eigenvalue weighted by atomic mass is 9.98. The van der Waals surface area contributed by atoms with Crippen molar-refractivity contribution in [3.63, 3.8) is 0 Å². The van der Waals surface area contributed by atoms with Crippen LogP contribution in [0.2, 0.25) is 0 Å². The van der Waals surface area contributed by atoms with Crippen LogP contribution in [0.1, 0.15) is 35.0 Å². The smallest absolute Gasteiger partial charge is 0.348 e. The molecular weight excluding hydrogens is 344 g/mol. The maximum Gasteiger partial charge on any atom is 0.348 e. The summed E-state index contributed by atoms with van der Waals surface area (Å²) in [7, 11) is 1.87. The summed E-state index contributed by atoms with van der Waals surface area (Å²) in [6.45, 7) is 3.57. The van der Waals surface area contributed by atoms with E-state index in [-0.39, 0.29) is 17.4 Å². The number of hydrogen-bond acceptors (Lipinski definition) is 6. The SMILES string of the molecule is Cc1cc(O)c(C2=Nc3ccccc3N[C@H](c3cn(C)nc3C)C2)c(=O)o1. The highest BCUT2D eigenvalue weighted by Crippen LogP contribution is 2.36. The lowest BCUT2D eigenvalue weighted by Crippen LogP contribution is -2.20. The van der Waals surface area contributed by atoms with E-state index in [0.717, 1.165) is 16.9 Å². The Morgan fingerprint density at radius 3 is 2.78 bits per heavy atom. The average molecular weight is 364 g/mol. The van der Waals surface area contributed by atoms with Crippen LogP contribution < -0.4 is 10.9 Å². The predicted molar refractivity (Wildman–Crippen MR) is 103 cm³/mol. The van der Waals surface area contributed by atoms with Crippen molar-refractivity contribution in [1.82, 2.24) is 9.78 Å². The molecule has 3 aromatic rings. The summed E-state index contributed by atoms with van der Waals surface area (Å²) in [6.07, 6.45) is 2.36. The summed E-state index contributed by atoms with van der Waals surface area (Å²) in [5.41, 5.74) is 3.46. The number of benzene rings is 1. The highest BCUT2D eigenvalue weighted by atomic mass is 16.4. The van der Waals surface area contributed by atoms with Crippen LogP contribution in [0.4, 0.5) is 11.4 Å². The first-order valence-corrected chi connectivity index (χ1v) is 8.69. The van der Waals surface area contributed by atoms with Gasteiger partial charge in [0.05, 0.1) is 28.8 Å². The fraction of sp³-hybridized carbons (Fsp3) is 0.250. The van der Waals surface area contributed by atoms with E-state index in [1.54, 1.807) is 11.6 Å². The normalized spacial score (nSPS) is 16.3. The van der Waals surface area contributed by atoms with Crippen LogP contribution in [0.25, 0.3) is 0 Å². The van der Waals surface area contributed by atoms with Gasteiger partial charge in [0, 0.05) is 31.3 Å². The second-order valence-corrected chi connectivity index (χ2v) is 6.72. The van der Waals surface area contributed by atoms with Crippen molar-refractivity contribution in [1.29, 1.82) is 0 Å². The molecule has 0 bridgehead atoms. The number of anilines is 1. The van der Waals surface area contributed by atoms with Crippen LogP contribution in [0.15, 0.2) is 50.7 Å². The number of nitrogens with zero attached hydrogens (tertiary/aromatic N) is 3. The number of nitrogens with one attached hydrogen (secondary N) is 1. The number of para-hydroxylation sites is 2. The van der Waals surface area contributed by atoms with Crippen LogP contribution in [0, 0.1) is 13.8 Å². The van der Waals surface area contributed by atoms with Gasteiger partial charge in [-0.25, -0.2) is 4.79 Å². The van der Waals surface area contributed by atoms with Crippen molar-refractivity contribution in [3.8, 4) is 5.75 Å². The molecule has 3 heterocycles. The molecule has 0 saturated carbocycles. The molecular formula is C20H20N4O3. The minimum atomic E-state index is -0.590. The van der Waals surface area contributed by atoms with E-state index >= 15 is 0 Å². The molecule has 2 N–H and O–H groups in total. The van der Waals surface area contributed by atoms with Gasteiger partial charge in [-0.1, -0.05) is 12.1 Å². The molecule has 27 heavy (non-hydrogen) atoms. The number of rotatable bonds is 2. The number of hydrogen-bond donors (Lipinski definition) is 2.